The SMILES string of the molecule is CC(=O)Nc1nc(CN2CC(C)CC(C)C2)cs1. The van der Waals surface area contributed by atoms with E-state index in [1.165, 1.54) is 24.7 Å². The minimum atomic E-state index is -0.0592. The van der Waals surface area contributed by atoms with Crippen LogP contribution in [0.25, 0.3) is 0 Å². The summed E-state index contributed by atoms with van der Waals surface area (Å²) in [6.07, 6.45) is 1.32. The van der Waals surface area contributed by atoms with Crippen LogP contribution in [0.2, 0.25) is 0 Å². The fourth-order valence-corrected chi connectivity index (χ4v) is 3.49. The Kier molecular flexibility index (Phi) is 4.35. The lowest BCUT2D eigenvalue weighted by Gasteiger charge is -2.34. The molecule has 1 N–H and O–H groups in total. The zero-order valence-electron chi connectivity index (χ0n) is 11.3. The molecule has 0 aliphatic carbocycles. The van der Waals surface area contributed by atoms with E-state index in [4.69, 9.17) is 0 Å². The maximum absolute atomic E-state index is 10.9. The molecule has 18 heavy (non-hydrogen) atoms. The predicted octanol–water partition coefficient (Wildman–Crippen LogP) is 2.58. The molecule has 1 fully saturated rings. The summed E-state index contributed by atoms with van der Waals surface area (Å²) in [5.41, 5.74) is 1.06. The van der Waals surface area contributed by atoms with E-state index in [-0.39, 0.29) is 5.91 Å². The summed E-state index contributed by atoms with van der Waals surface area (Å²) in [6.45, 7) is 9.33. The van der Waals surface area contributed by atoms with Gasteiger partial charge in [-0.3, -0.25) is 9.69 Å². The van der Waals surface area contributed by atoms with Crippen LogP contribution in [0.5, 0.6) is 0 Å². The van der Waals surface area contributed by atoms with Gasteiger partial charge in [-0.05, 0) is 18.3 Å². The second-order valence-electron chi connectivity index (χ2n) is 5.47. The normalized spacial score (nSPS) is 25.1. The molecule has 0 radical (unpaired) electrons. The molecule has 0 spiro atoms. The molecule has 2 heterocycles. The summed E-state index contributed by atoms with van der Waals surface area (Å²) >= 11 is 1.50. The lowest BCUT2D eigenvalue weighted by molar-refractivity contribution is -0.114. The lowest BCUT2D eigenvalue weighted by atomic mass is 9.92. The van der Waals surface area contributed by atoms with E-state index in [0.29, 0.717) is 5.13 Å². The Labute approximate surface area is 112 Å². The third-order valence-electron chi connectivity index (χ3n) is 3.16. The third-order valence-corrected chi connectivity index (χ3v) is 3.97. The number of nitrogens with one attached hydrogen (secondary N) is 1. The van der Waals surface area contributed by atoms with Crippen LogP contribution < -0.4 is 5.32 Å². The van der Waals surface area contributed by atoms with Gasteiger partial charge in [0.15, 0.2) is 5.13 Å². The van der Waals surface area contributed by atoms with Crippen molar-refractivity contribution < 1.29 is 4.79 Å². The first-order valence-electron chi connectivity index (χ1n) is 6.47. The van der Waals surface area contributed by atoms with Crippen LogP contribution in [-0.4, -0.2) is 28.9 Å². The second kappa shape index (κ2) is 5.80. The molecule has 1 aromatic rings. The molecular weight excluding hydrogens is 246 g/mol. The Hall–Kier alpha value is -0.940. The molecule has 0 bridgehead atoms. The highest BCUT2D eigenvalue weighted by Crippen LogP contribution is 2.23. The molecule has 5 heteroatoms. The lowest BCUT2D eigenvalue weighted by Crippen LogP contribution is -2.38. The van der Waals surface area contributed by atoms with Crippen molar-refractivity contribution in [1.82, 2.24) is 9.88 Å². The Balaban J connectivity index is 1.92. The number of anilines is 1. The van der Waals surface area contributed by atoms with Crippen molar-refractivity contribution in [2.75, 3.05) is 18.4 Å². The number of carbonyl (C=O) groups excluding carboxylic acids is 1. The summed E-state index contributed by atoms with van der Waals surface area (Å²) in [5, 5.41) is 5.47. The van der Waals surface area contributed by atoms with Gasteiger partial charge in [0.25, 0.3) is 0 Å². The summed E-state index contributed by atoms with van der Waals surface area (Å²) in [6, 6.07) is 0. The summed E-state index contributed by atoms with van der Waals surface area (Å²) in [4.78, 5) is 17.8. The molecule has 0 aromatic carbocycles. The molecule has 1 amide bonds. The minimum Gasteiger partial charge on any atom is -0.302 e. The number of thiazole rings is 1. The van der Waals surface area contributed by atoms with Gasteiger partial charge in [-0.25, -0.2) is 4.98 Å². The monoisotopic (exact) mass is 267 g/mol. The molecule has 2 rings (SSSR count). The van der Waals surface area contributed by atoms with E-state index in [0.717, 1.165) is 37.2 Å². The molecule has 100 valence electrons. The van der Waals surface area contributed by atoms with Crippen molar-refractivity contribution in [3.63, 3.8) is 0 Å². The van der Waals surface area contributed by atoms with Gasteiger partial charge in [0.1, 0.15) is 0 Å². The molecular formula is C13H21N3OS. The van der Waals surface area contributed by atoms with Crippen molar-refractivity contribution in [1.29, 1.82) is 0 Å². The number of hydrogen-bond donors (Lipinski definition) is 1. The molecule has 1 aliphatic rings. The van der Waals surface area contributed by atoms with Gasteiger partial charge in [-0.1, -0.05) is 13.8 Å². The Bertz CT molecular complexity index is 408. The van der Waals surface area contributed by atoms with E-state index < -0.39 is 0 Å². The fraction of sp³-hybridized carbons (Fsp3) is 0.692. The largest absolute Gasteiger partial charge is 0.302 e. The number of aromatic nitrogens is 1. The standard InChI is InChI=1S/C13H21N3OS/c1-9-4-10(2)6-16(5-9)7-12-8-18-13(15-12)14-11(3)17/h8-10H,4-7H2,1-3H3,(H,14,15,17). The Morgan fingerprint density at radius 2 is 2.17 bits per heavy atom. The fourth-order valence-electron chi connectivity index (χ4n) is 2.74. The summed E-state index contributed by atoms with van der Waals surface area (Å²) in [7, 11) is 0. The maximum Gasteiger partial charge on any atom is 0.223 e. The van der Waals surface area contributed by atoms with Crippen molar-refractivity contribution in [3.05, 3.63) is 11.1 Å². The number of hydrogen-bond acceptors (Lipinski definition) is 4. The van der Waals surface area contributed by atoms with Crippen LogP contribution in [0.15, 0.2) is 5.38 Å². The highest BCUT2D eigenvalue weighted by atomic mass is 32.1. The first-order valence-corrected chi connectivity index (χ1v) is 7.35. The van der Waals surface area contributed by atoms with Gasteiger partial charge in [-0.2, -0.15) is 0 Å². The number of rotatable bonds is 3. The topological polar surface area (TPSA) is 45.2 Å². The number of nitrogens with zero attached hydrogens (tertiary/aromatic N) is 2. The Morgan fingerprint density at radius 1 is 1.50 bits per heavy atom. The van der Waals surface area contributed by atoms with Gasteiger partial charge >= 0.3 is 0 Å². The first kappa shape index (κ1) is 13.5. The van der Waals surface area contributed by atoms with Crippen LogP contribution >= 0.6 is 11.3 Å². The van der Waals surface area contributed by atoms with Gasteiger partial charge < -0.3 is 5.32 Å². The second-order valence-corrected chi connectivity index (χ2v) is 6.32. The van der Waals surface area contributed by atoms with Gasteiger partial charge in [0.05, 0.1) is 5.69 Å². The van der Waals surface area contributed by atoms with E-state index in [1.54, 1.807) is 0 Å². The summed E-state index contributed by atoms with van der Waals surface area (Å²) in [5.74, 6) is 1.47. The van der Waals surface area contributed by atoms with E-state index in [1.807, 2.05) is 5.38 Å². The van der Waals surface area contributed by atoms with Crippen molar-refractivity contribution in [3.8, 4) is 0 Å². The number of piperidine rings is 1. The van der Waals surface area contributed by atoms with E-state index in [9.17, 15) is 4.79 Å². The number of carbonyl (C=O) groups is 1. The molecule has 4 nitrogen and oxygen atoms in total. The average molecular weight is 267 g/mol. The molecule has 1 aromatic heterocycles. The Morgan fingerprint density at radius 3 is 2.78 bits per heavy atom. The van der Waals surface area contributed by atoms with Crippen LogP contribution in [0, 0.1) is 11.8 Å². The van der Waals surface area contributed by atoms with E-state index >= 15 is 0 Å². The molecule has 1 aliphatic heterocycles. The predicted molar refractivity (Wildman–Crippen MR) is 74.6 cm³/mol. The maximum atomic E-state index is 10.9. The minimum absolute atomic E-state index is 0.0592. The number of likely N-dealkylation sites (tertiary alicyclic amines) is 1. The highest BCUT2D eigenvalue weighted by molar-refractivity contribution is 7.13. The smallest absolute Gasteiger partial charge is 0.223 e. The zero-order valence-corrected chi connectivity index (χ0v) is 12.1. The third kappa shape index (κ3) is 3.78. The van der Waals surface area contributed by atoms with Crippen LogP contribution in [0.3, 0.4) is 0 Å². The molecule has 0 saturated carbocycles. The summed E-state index contributed by atoms with van der Waals surface area (Å²) < 4.78 is 0. The van der Waals surface area contributed by atoms with Crippen LogP contribution in [0.4, 0.5) is 5.13 Å². The van der Waals surface area contributed by atoms with Gasteiger partial charge in [0, 0.05) is 31.9 Å². The highest BCUT2D eigenvalue weighted by Gasteiger charge is 2.22. The van der Waals surface area contributed by atoms with Crippen molar-refractivity contribution in [2.24, 2.45) is 11.8 Å². The molecule has 2 unspecified atom stereocenters. The quantitative estimate of drug-likeness (QED) is 0.915. The van der Waals surface area contributed by atoms with Gasteiger partial charge in [0.2, 0.25) is 5.91 Å². The molecule has 2 atom stereocenters. The van der Waals surface area contributed by atoms with E-state index in [2.05, 4.69) is 29.0 Å². The van der Waals surface area contributed by atoms with Crippen molar-refractivity contribution in [2.45, 2.75) is 33.7 Å². The average Bonchev–Trinajstić information content (AvgIpc) is 2.62. The molecule has 1 saturated heterocycles. The van der Waals surface area contributed by atoms with Crippen LogP contribution in [-0.2, 0) is 11.3 Å². The first-order chi connectivity index (χ1) is 8.52. The van der Waals surface area contributed by atoms with Crippen molar-refractivity contribution >= 4 is 22.4 Å². The van der Waals surface area contributed by atoms with Crippen LogP contribution in [0.1, 0.15) is 32.9 Å². The number of amides is 1. The zero-order chi connectivity index (χ0) is 13.1. The van der Waals surface area contributed by atoms with Gasteiger partial charge in [-0.15, -0.1) is 11.3 Å².